The summed E-state index contributed by atoms with van der Waals surface area (Å²) in [5.74, 6) is 0.836. The minimum atomic E-state index is -0.0849. The smallest absolute Gasteiger partial charge is 0.241 e. The summed E-state index contributed by atoms with van der Waals surface area (Å²) in [5, 5.41) is 4.23. The first-order valence-electron chi connectivity index (χ1n) is 9.88. The Bertz CT molecular complexity index is 956. The molecule has 138 valence electrons. The second-order valence-corrected chi connectivity index (χ2v) is 7.77. The summed E-state index contributed by atoms with van der Waals surface area (Å²) < 4.78 is 5.66. The van der Waals surface area contributed by atoms with E-state index < -0.39 is 0 Å². The van der Waals surface area contributed by atoms with Crippen LogP contribution in [-0.2, 0) is 11.3 Å². The van der Waals surface area contributed by atoms with Gasteiger partial charge in [-0.2, -0.15) is 0 Å². The minimum Gasteiger partial charge on any atom is -0.464 e. The van der Waals surface area contributed by atoms with E-state index in [0.717, 1.165) is 54.1 Å². The number of carbonyl (C=O) groups is 1. The zero-order valence-corrected chi connectivity index (χ0v) is 15.4. The molecule has 1 saturated carbocycles. The highest BCUT2D eigenvalue weighted by molar-refractivity contribution is 5.95. The molecular formula is C23H24N2O2. The summed E-state index contributed by atoms with van der Waals surface area (Å²) in [6.45, 7) is 1.68. The minimum absolute atomic E-state index is 0.0849. The van der Waals surface area contributed by atoms with Crippen molar-refractivity contribution >= 4 is 22.6 Å². The number of likely N-dealkylation sites (tertiary alicyclic amines) is 1. The van der Waals surface area contributed by atoms with E-state index in [0.29, 0.717) is 0 Å². The van der Waals surface area contributed by atoms with Crippen LogP contribution in [0.2, 0.25) is 0 Å². The van der Waals surface area contributed by atoms with Gasteiger partial charge in [-0.05, 0) is 61.9 Å². The zero-order valence-electron chi connectivity index (χ0n) is 15.4. The normalized spacial score (nSPS) is 20.2. The number of nitrogens with zero attached hydrogens (tertiary/aromatic N) is 1. The molecule has 1 aliphatic carbocycles. The topological polar surface area (TPSA) is 45.5 Å². The van der Waals surface area contributed by atoms with Crippen LogP contribution in [0.4, 0.5) is 5.69 Å². The van der Waals surface area contributed by atoms with E-state index in [-0.39, 0.29) is 11.9 Å². The Balaban J connectivity index is 1.28. The van der Waals surface area contributed by atoms with Gasteiger partial charge in [-0.25, -0.2) is 0 Å². The number of rotatable bonds is 5. The molecule has 0 bridgehead atoms. The molecule has 1 aromatic heterocycles. The molecule has 1 atom stereocenters. The molecule has 1 aliphatic heterocycles. The highest BCUT2D eigenvalue weighted by Gasteiger charge is 2.31. The first-order valence-corrected chi connectivity index (χ1v) is 9.88. The number of para-hydroxylation sites is 1. The number of nitrogens with one attached hydrogen (secondary N) is 1. The van der Waals surface area contributed by atoms with E-state index in [2.05, 4.69) is 40.5 Å². The number of hydrogen-bond donors (Lipinski definition) is 1. The number of anilines is 1. The van der Waals surface area contributed by atoms with Crippen LogP contribution in [0.5, 0.6) is 0 Å². The molecule has 1 saturated heterocycles. The van der Waals surface area contributed by atoms with Gasteiger partial charge in [0.2, 0.25) is 5.91 Å². The van der Waals surface area contributed by atoms with Crippen LogP contribution in [0.25, 0.3) is 11.0 Å². The summed E-state index contributed by atoms with van der Waals surface area (Å²) in [6.07, 6.45) is 6.27. The van der Waals surface area contributed by atoms with E-state index in [1.54, 1.807) is 6.26 Å². The third-order valence-electron chi connectivity index (χ3n) is 5.83. The molecular weight excluding hydrogens is 336 g/mol. The largest absolute Gasteiger partial charge is 0.464 e. The molecule has 0 radical (unpaired) electrons. The van der Waals surface area contributed by atoms with Gasteiger partial charge in [-0.3, -0.25) is 9.69 Å². The monoisotopic (exact) mass is 360 g/mol. The van der Waals surface area contributed by atoms with Gasteiger partial charge >= 0.3 is 0 Å². The van der Waals surface area contributed by atoms with Crippen LogP contribution in [0, 0.1) is 0 Å². The SMILES string of the molecule is O=C(Nc1ccc(C2CC2)cc1)C1CCCN1Cc1cccc2ccoc12. The van der Waals surface area contributed by atoms with Gasteiger partial charge in [-0.15, -0.1) is 0 Å². The van der Waals surface area contributed by atoms with Crippen molar-refractivity contribution in [1.82, 2.24) is 4.90 Å². The maximum absolute atomic E-state index is 12.9. The lowest BCUT2D eigenvalue weighted by atomic mass is 10.1. The van der Waals surface area contributed by atoms with Crippen molar-refractivity contribution in [2.75, 3.05) is 11.9 Å². The van der Waals surface area contributed by atoms with Crippen LogP contribution in [0.15, 0.2) is 59.2 Å². The number of hydrogen-bond acceptors (Lipinski definition) is 3. The molecule has 27 heavy (non-hydrogen) atoms. The van der Waals surface area contributed by atoms with E-state index >= 15 is 0 Å². The number of fused-ring (bicyclic) bond motifs is 1. The van der Waals surface area contributed by atoms with E-state index in [4.69, 9.17) is 4.42 Å². The molecule has 3 aromatic rings. The Hall–Kier alpha value is -2.59. The maximum atomic E-state index is 12.9. The Morgan fingerprint density at radius 1 is 1.07 bits per heavy atom. The predicted molar refractivity (Wildman–Crippen MR) is 107 cm³/mol. The summed E-state index contributed by atoms with van der Waals surface area (Å²) in [6, 6.07) is 16.5. The molecule has 4 heteroatoms. The van der Waals surface area contributed by atoms with E-state index in [1.807, 2.05) is 18.2 Å². The lowest BCUT2D eigenvalue weighted by molar-refractivity contribution is -0.120. The van der Waals surface area contributed by atoms with Crippen molar-refractivity contribution in [3.05, 3.63) is 65.9 Å². The molecule has 1 amide bonds. The fraction of sp³-hybridized carbons (Fsp3) is 0.348. The number of benzene rings is 2. The second kappa shape index (κ2) is 6.86. The quantitative estimate of drug-likeness (QED) is 0.703. The molecule has 0 spiro atoms. The molecule has 5 rings (SSSR count). The summed E-state index contributed by atoms with van der Waals surface area (Å²) in [5.41, 5.74) is 4.36. The molecule has 1 unspecified atom stereocenters. The van der Waals surface area contributed by atoms with Crippen molar-refractivity contribution in [3.8, 4) is 0 Å². The number of carbonyl (C=O) groups excluding carboxylic acids is 1. The average molecular weight is 360 g/mol. The third-order valence-corrected chi connectivity index (χ3v) is 5.83. The third kappa shape index (κ3) is 3.37. The molecule has 2 fully saturated rings. The molecule has 2 aliphatic rings. The summed E-state index contributed by atoms with van der Waals surface area (Å²) in [4.78, 5) is 15.2. The maximum Gasteiger partial charge on any atom is 0.241 e. The Morgan fingerprint density at radius 3 is 2.74 bits per heavy atom. The fourth-order valence-electron chi connectivity index (χ4n) is 4.19. The highest BCUT2D eigenvalue weighted by atomic mass is 16.3. The van der Waals surface area contributed by atoms with Crippen molar-refractivity contribution in [3.63, 3.8) is 0 Å². The van der Waals surface area contributed by atoms with Gasteiger partial charge in [0.1, 0.15) is 5.58 Å². The molecule has 4 nitrogen and oxygen atoms in total. The fourth-order valence-corrected chi connectivity index (χ4v) is 4.19. The van der Waals surface area contributed by atoms with Gasteiger partial charge in [0, 0.05) is 23.2 Å². The van der Waals surface area contributed by atoms with Gasteiger partial charge < -0.3 is 9.73 Å². The van der Waals surface area contributed by atoms with Crippen LogP contribution >= 0.6 is 0 Å². The van der Waals surface area contributed by atoms with Gasteiger partial charge in [-0.1, -0.05) is 30.3 Å². The van der Waals surface area contributed by atoms with Crippen molar-refractivity contribution in [1.29, 1.82) is 0 Å². The van der Waals surface area contributed by atoms with Gasteiger partial charge in [0.05, 0.1) is 12.3 Å². The summed E-state index contributed by atoms with van der Waals surface area (Å²) in [7, 11) is 0. The predicted octanol–water partition coefficient (Wildman–Crippen LogP) is 4.91. The van der Waals surface area contributed by atoms with Crippen molar-refractivity contribution in [2.45, 2.75) is 44.2 Å². The number of amides is 1. The lowest BCUT2D eigenvalue weighted by Gasteiger charge is -2.23. The van der Waals surface area contributed by atoms with E-state index in [1.165, 1.54) is 18.4 Å². The van der Waals surface area contributed by atoms with Gasteiger partial charge in [0.15, 0.2) is 0 Å². The second-order valence-electron chi connectivity index (χ2n) is 7.77. The zero-order chi connectivity index (χ0) is 18.2. The van der Waals surface area contributed by atoms with Crippen molar-refractivity contribution < 1.29 is 9.21 Å². The first kappa shape index (κ1) is 16.6. The Labute approximate surface area is 159 Å². The first-order chi connectivity index (χ1) is 13.3. The van der Waals surface area contributed by atoms with Crippen LogP contribution < -0.4 is 5.32 Å². The van der Waals surface area contributed by atoms with Crippen LogP contribution in [0.1, 0.15) is 42.7 Å². The van der Waals surface area contributed by atoms with Crippen LogP contribution in [0.3, 0.4) is 0 Å². The molecule has 1 N–H and O–H groups in total. The molecule has 2 heterocycles. The number of furan rings is 1. The van der Waals surface area contributed by atoms with Crippen molar-refractivity contribution in [2.24, 2.45) is 0 Å². The lowest BCUT2D eigenvalue weighted by Crippen LogP contribution is -2.39. The standard InChI is InChI=1S/C23H24N2O2/c26-23(24-20-10-8-17(9-11-20)16-6-7-16)21-5-2-13-25(21)15-19-4-1-3-18-12-14-27-22(18)19/h1,3-4,8-12,14,16,21H,2,5-7,13,15H2,(H,24,26). The molecule has 2 aromatic carbocycles. The highest BCUT2D eigenvalue weighted by Crippen LogP contribution is 2.40. The van der Waals surface area contributed by atoms with Gasteiger partial charge in [0.25, 0.3) is 0 Å². The Morgan fingerprint density at radius 2 is 1.93 bits per heavy atom. The van der Waals surface area contributed by atoms with Crippen LogP contribution in [-0.4, -0.2) is 23.4 Å². The van der Waals surface area contributed by atoms with E-state index in [9.17, 15) is 4.79 Å². The summed E-state index contributed by atoms with van der Waals surface area (Å²) >= 11 is 0. The average Bonchev–Trinajstić information content (AvgIpc) is 3.23. The Kier molecular flexibility index (Phi) is 4.21.